The quantitative estimate of drug-likeness (QED) is 0.188. The molecule has 0 aromatic carbocycles. The van der Waals surface area contributed by atoms with Gasteiger partial charge in [-0.25, -0.2) is 0 Å². The Bertz CT molecular complexity index is 263. The van der Waals surface area contributed by atoms with E-state index in [1.807, 2.05) is 0 Å². The van der Waals surface area contributed by atoms with Crippen molar-refractivity contribution < 1.29 is 40.5 Å². The Morgan fingerprint density at radius 3 is 1.40 bits per heavy atom. The maximum absolute atomic E-state index is 11.6. The SMILES string of the molecule is CCCCCCCCCCCCOC(=O)CCCCCCCCC.[H-].[Na+]. The van der Waals surface area contributed by atoms with Gasteiger partial charge in [0.05, 0.1) is 6.61 Å². The topological polar surface area (TPSA) is 26.3 Å². The van der Waals surface area contributed by atoms with Gasteiger partial charge >= 0.3 is 35.5 Å². The third-order valence-electron chi connectivity index (χ3n) is 4.75. The summed E-state index contributed by atoms with van der Waals surface area (Å²) >= 11 is 0. The van der Waals surface area contributed by atoms with Crippen molar-refractivity contribution in [2.24, 2.45) is 0 Å². The van der Waals surface area contributed by atoms with Crippen LogP contribution in [0.1, 0.15) is 131 Å². The minimum atomic E-state index is 0. The minimum Gasteiger partial charge on any atom is -1.00 e. The molecule has 3 heteroatoms. The first-order valence-electron chi connectivity index (χ1n) is 11.0. The molecule has 0 atom stereocenters. The van der Waals surface area contributed by atoms with Crippen molar-refractivity contribution in [2.45, 2.75) is 129 Å². The van der Waals surface area contributed by atoms with Gasteiger partial charge in [-0.3, -0.25) is 4.79 Å². The van der Waals surface area contributed by atoms with Crippen molar-refractivity contribution in [3.05, 3.63) is 0 Å². The summed E-state index contributed by atoms with van der Waals surface area (Å²) < 4.78 is 5.32. The summed E-state index contributed by atoms with van der Waals surface area (Å²) in [5.74, 6) is 0.0134. The molecule has 0 amide bonds. The van der Waals surface area contributed by atoms with Gasteiger partial charge in [-0.05, 0) is 12.8 Å². The van der Waals surface area contributed by atoms with E-state index in [4.69, 9.17) is 4.74 Å². The molecule has 0 saturated carbocycles. The third kappa shape index (κ3) is 24.5. The average Bonchev–Trinajstić information content (AvgIpc) is 2.59. The van der Waals surface area contributed by atoms with E-state index in [0.29, 0.717) is 13.0 Å². The van der Waals surface area contributed by atoms with Crippen LogP contribution < -0.4 is 29.6 Å². The van der Waals surface area contributed by atoms with Crippen molar-refractivity contribution in [1.82, 2.24) is 0 Å². The van der Waals surface area contributed by atoms with E-state index >= 15 is 0 Å². The first-order valence-corrected chi connectivity index (χ1v) is 11.0. The van der Waals surface area contributed by atoms with E-state index in [-0.39, 0.29) is 37.0 Å². The zero-order valence-corrected chi connectivity index (χ0v) is 19.8. The summed E-state index contributed by atoms with van der Waals surface area (Å²) in [6, 6.07) is 0. The third-order valence-corrected chi connectivity index (χ3v) is 4.75. The van der Waals surface area contributed by atoms with Gasteiger partial charge in [-0.2, -0.15) is 0 Å². The summed E-state index contributed by atoms with van der Waals surface area (Å²) in [6.07, 6.45) is 22.6. The van der Waals surface area contributed by atoms with E-state index in [0.717, 1.165) is 12.8 Å². The van der Waals surface area contributed by atoms with E-state index < -0.39 is 0 Å². The summed E-state index contributed by atoms with van der Waals surface area (Å²) in [6.45, 7) is 5.14. The zero-order valence-electron chi connectivity index (χ0n) is 18.8. The van der Waals surface area contributed by atoms with Crippen LogP contribution in [0.2, 0.25) is 0 Å². The fourth-order valence-corrected chi connectivity index (χ4v) is 3.07. The van der Waals surface area contributed by atoms with Crippen LogP contribution in [0, 0.1) is 0 Å². The minimum absolute atomic E-state index is 0. The number of carbonyl (C=O) groups excluding carboxylic acids is 1. The molecule has 0 heterocycles. The fourth-order valence-electron chi connectivity index (χ4n) is 3.07. The molecule has 0 fully saturated rings. The molecule has 0 N–H and O–H groups in total. The van der Waals surface area contributed by atoms with Crippen LogP contribution >= 0.6 is 0 Å². The summed E-state index contributed by atoms with van der Waals surface area (Å²) in [5, 5.41) is 0. The Labute approximate surface area is 182 Å². The summed E-state index contributed by atoms with van der Waals surface area (Å²) in [4.78, 5) is 11.6. The first-order chi connectivity index (χ1) is 11.8. The number of carbonyl (C=O) groups is 1. The monoisotopic (exact) mass is 364 g/mol. The number of hydrogen-bond acceptors (Lipinski definition) is 2. The molecule has 25 heavy (non-hydrogen) atoms. The molecule has 0 unspecified atom stereocenters. The number of ether oxygens (including phenoxy) is 1. The van der Waals surface area contributed by atoms with Crippen LogP contribution in [-0.2, 0) is 9.53 Å². The number of esters is 1. The van der Waals surface area contributed by atoms with Crippen LogP contribution in [0.4, 0.5) is 0 Å². The van der Waals surface area contributed by atoms with Crippen molar-refractivity contribution in [2.75, 3.05) is 6.61 Å². The van der Waals surface area contributed by atoms with E-state index in [1.165, 1.54) is 96.3 Å². The van der Waals surface area contributed by atoms with Gasteiger partial charge in [-0.1, -0.05) is 110 Å². The molecular weight excluding hydrogens is 319 g/mol. The second-order valence-electron chi connectivity index (χ2n) is 7.27. The molecule has 0 aliphatic rings. The van der Waals surface area contributed by atoms with Crippen molar-refractivity contribution in [3.8, 4) is 0 Å². The molecule has 2 nitrogen and oxygen atoms in total. The standard InChI is InChI=1S/C22H44O2.Na.H/c1-3-5-7-9-11-12-13-15-17-19-21-24-22(23)20-18-16-14-10-8-6-4-2;;/h3-21H2,1-2H3;;/q;+1;-1. The van der Waals surface area contributed by atoms with Crippen molar-refractivity contribution >= 4 is 5.97 Å². The predicted octanol–water partition coefficient (Wildman–Crippen LogP) is 4.71. The number of rotatable bonds is 19. The van der Waals surface area contributed by atoms with Crippen LogP contribution in [0.25, 0.3) is 0 Å². The smallest absolute Gasteiger partial charge is 1.00 e. The predicted molar refractivity (Wildman–Crippen MR) is 107 cm³/mol. The van der Waals surface area contributed by atoms with Crippen LogP contribution in [0.3, 0.4) is 0 Å². The molecule has 0 spiro atoms. The van der Waals surface area contributed by atoms with Crippen LogP contribution in [0.15, 0.2) is 0 Å². The van der Waals surface area contributed by atoms with E-state index in [9.17, 15) is 4.79 Å². The van der Waals surface area contributed by atoms with Gasteiger partial charge in [0, 0.05) is 6.42 Å². The van der Waals surface area contributed by atoms with Crippen LogP contribution in [0.5, 0.6) is 0 Å². The Morgan fingerprint density at radius 2 is 0.960 bits per heavy atom. The average molecular weight is 365 g/mol. The molecule has 0 saturated heterocycles. The normalized spacial score (nSPS) is 10.5. The molecule has 0 aromatic rings. The number of unbranched alkanes of at least 4 members (excludes halogenated alkanes) is 15. The fraction of sp³-hybridized carbons (Fsp3) is 0.955. The molecule has 0 aromatic heterocycles. The van der Waals surface area contributed by atoms with Gasteiger partial charge in [-0.15, -0.1) is 0 Å². The Hall–Kier alpha value is 0.470. The molecule has 0 bridgehead atoms. The molecule has 0 radical (unpaired) electrons. The van der Waals surface area contributed by atoms with E-state index in [2.05, 4.69) is 13.8 Å². The Balaban J connectivity index is -0.00000264. The molecule has 0 aliphatic carbocycles. The van der Waals surface area contributed by atoms with Gasteiger partial charge < -0.3 is 6.16 Å². The number of hydrogen-bond donors (Lipinski definition) is 0. The van der Waals surface area contributed by atoms with Gasteiger partial charge in [0.25, 0.3) is 0 Å². The second kappa shape index (κ2) is 24.5. The van der Waals surface area contributed by atoms with E-state index in [1.54, 1.807) is 0 Å². The Morgan fingerprint density at radius 1 is 0.600 bits per heavy atom. The molecular formula is C22H45NaO2. The van der Waals surface area contributed by atoms with Crippen LogP contribution in [-0.4, -0.2) is 12.6 Å². The summed E-state index contributed by atoms with van der Waals surface area (Å²) in [5.41, 5.74) is 0. The zero-order chi connectivity index (χ0) is 17.7. The molecule has 0 aliphatic heterocycles. The Kier molecular flexibility index (Phi) is 27.1. The van der Waals surface area contributed by atoms with Crippen molar-refractivity contribution in [1.29, 1.82) is 0 Å². The van der Waals surface area contributed by atoms with Crippen molar-refractivity contribution in [3.63, 3.8) is 0 Å². The summed E-state index contributed by atoms with van der Waals surface area (Å²) in [7, 11) is 0. The molecule has 0 rings (SSSR count). The maximum atomic E-state index is 11.6. The van der Waals surface area contributed by atoms with Gasteiger partial charge in [0.15, 0.2) is 0 Å². The first kappa shape index (κ1) is 27.7. The van der Waals surface area contributed by atoms with Gasteiger partial charge in [0.1, 0.15) is 0 Å². The maximum Gasteiger partial charge on any atom is 1.00 e. The van der Waals surface area contributed by atoms with Gasteiger partial charge in [0.2, 0.25) is 0 Å². The largest absolute Gasteiger partial charge is 1.00 e. The second-order valence-corrected chi connectivity index (χ2v) is 7.27. The molecule has 146 valence electrons.